The van der Waals surface area contributed by atoms with Gasteiger partial charge in [0.2, 0.25) is 0 Å². The highest BCUT2D eigenvalue weighted by Gasteiger charge is 2.24. The molecule has 0 unspecified atom stereocenters. The molecular weight excluding hydrogens is 222 g/mol. The third kappa shape index (κ3) is 2.30. The van der Waals surface area contributed by atoms with Gasteiger partial charge in [0, 0.05) is 19.6 Å². The minimum atomic E-state index is -0.131. The second kappa shape index (κ2) is 4.92. The highest BCUT2D eigenvalue weighted by atomic mass is 16.3. The Labute approximate surface area is 107 Å². The van der Waals surface area contributed by atoms with Crippen molar-refractivity contribution in [2.45, 2.75) is 12.6 Å². The van der Waals surface area contributed by atoms with Gasteiger partial charge in [0.1, 0.15) is 0 Å². The molecule has 92 valence electrons. The van der Waals surface area contributed by atoms with Gasteiger partial charge >= 0.3 is 0 Å². The molecule has 2 aromatic carbocycles. The van der Waals surface area contributed by atoms with Crippen molar-refractivity contribution in [1.29, 1.82) is 0 Å². The summed E-state index contributed by atoms with van der Waals surface area (Å²) < 4.78 is 0. The molecule has 2 heteroatoms. The first kappa shape index (κ1) is 11.5. The lowest BCUT2D eigenvalue weighted by molar-refractivity contribution is -0.00277. The number of hydrogen-bond donors (Lipinski definition) is 1. The van der Waals surface area contributed by atoms with Crippen LogP contribution < -0.4 is 0 Å². The summed E-state index contributed by atoms with van der Waals surface area (Å²) in [5, 5.41) is 9.34. The van der Waals surface area contributed by atoms with Gasteiger partial charge < -0.3 is 5.11 Å². The smallest absolute Gasteiger partial charge is 0.0794 e. The molecule has 0 bridgehead atoms. The average Bonchev–Trinajstić information content (AvgIpc) is 2.39. The van der Waals surface area contributed by atoms with Crippen molar-refractivity contribution in [3.8, 4) is 11.1 Å². The Morgan fingerprint density at radius 3 is 2.33 bits per heavy atom. The van der Waals surface area contributed by atoms with Crippen molar-refractivity contribution in [3.05, 3.63) is 60.2 Å². The van der Waals surface area contributed by atoms with Crippen LogP contribution in [0.15, 0.2) is 54.6 Å². The zero-order chi connectivity index (χ0) is 12.4. The molecule has 1 N–H and O–H groups in total. The summed E-state index contributed by atoms with van der Waals surface area (Å²) in [6, 6.07) is 19.0. The van der Waals surface area contributed by atoms with Crippen LogP contribution in [0.4, 0.5) is 0 Å². The van der Waals surface area contributed by atoms with E-state index in [1.807, 2.05) is 6.07 Å². The van der Waals surface area contributed by atoms with Gasteiger partial charge in [-0.1, -0.05) is 54.6 Å². The molecule has 1 fully saturated rings. The highest BCUT2D eigenvalue weighted by Crippen LogP contribution is 2.25. The fraction of sp³-hybridized carbons (Fsp3) is 0.250. The number of aliphatic hydroxyl groups is 1. The van der Waals surface area contributed by atoms with Gasteiger partial charge in [-0.2, -0.15) is 0 Å². The van der Waals surface area contributed by atoms with E-state index in [1.165, 1.54) is 16.7 Å². The van der Waals surface area contributed by atoms with Crippen molar-refractivity contribution in [2.75, 3.05) is 13.1 Å². The molecule has 0 atom stereocenters. The molecule has 2 nitrogen and oxygen atoms in total. The molecule has 1 aliphatic heterocycles. The molecule has 0 saturated carbocycles. The van der Waals surface area contributed by atoms with Gasteiger partial charge in [0.05, 0.1) is 6.10 Å². The Kier molecular flexibility index (Phi) is 3.13. The van der Waals surface area contributed by atoms with Gasteiger partial charge in [0.15, 0.2) is 0 Å². The summed E-state index contributed by atoms with van der Waals surface area (Å²) in [5.41, 5.74) is 3.88. The van der Waals surface area contributed by atoms with Crippen LogP contribution in [0.5, 0.6) is 0 Å². The predicted octanol–water partition coefficient (Wildman–Crippen LogP) is 2.53. The average molecular weight is 239 g/mol. The third-order valence-electron chi connectivity index (χ3n) is 3.43. The molecule has 3 rings (SSSR count). The Morgan fingerprint density at radius 2 is 1.61 bits per heavy atom. The summed E-state index contributed by atoms with van der Waals surface area (Å²) in [6.07, 6.45) is -0.131. The van der Waals surface area contributed by atoms with Crippen LogP contribution in [0.3, 0.4) is 0 Å². The largest absolute Gasteiger partial charge is 0.390 e. The maximum absolute atomic E-state index is 9.34. The molecule has 0 aromatic heterocycles. The fourth-order valence-electron chi connectivity index (χ4n) is 2.47. The maximum atomic E-state index is 9.34. The van der Waals surface area contributed by atoms with E-state index in [4.69, 9.17) is 0 Å². The number of hydrogen-bond acceptors (Lipinski definition) is 2. The van der Waals surface area contributed by atoms with Gasteiger partial charge in [-0.3, -0.25) is 4.90 Å². The lowest BCUT2D eigenvalue weighted by atomic mass is 9.98. The predicted molar refractivity (Wildman–Crippen MR) is 73.2 cm³/mol. The van der Waals surface area contributed by atoms with E-state index in [-0.39, 0.29) is 6.10 Å². The Morgan fingerprint density at radius 1 is 0.944 bits per heavy atom. The number of aliphatic hydroxyl groups excluding tert-OH is 1. The maximum Gasteiger partial charge on any atom is 0.0794 e. The Bertz CT molecular complexity index is 518. The van der Waals surface area contributed by atoms with Crippen LogP contribution in [0.25, 0.3) is 11.1 Å². The molecule has 1 saturated heterocycles. The number of nitrogens with zero attached hydrogens (tertiary/aromatic N) is 1. The summed E-state index contributed by atoms with van der Waals surface area (Å²) in [6.45, 7) is 2.51. The molecular formula is C16H17NO. The third-order valence-corrected chi connectivity index (χ3v) is 3.43. The fourth-order valence-corrected chi connectivity index (χ4v) is 2.47. The second-order valence-electron chi connectivity index (χ2n) is 4.87. The summed E-state index contributed by atoms with van der Waals surface area (Å²) in [4.78, 5) is 2.27. The normalized spacial score (nSPS) is 16.5. The topological polar surface area (TPSA) is 23.5 Å². The molecule has 1 aliphatic rings. The van der Waals surface area contributed by atoms with Crippen LogP contribution in [-0.4, -0.2) is 29.2 Å². The quantitative estimate of drug-likeness (QED) is 0.889. The first-order valence-electron chi connectivity index (χ1n) is 6.36. The SMILES string of the molecule is OC1CN(Cc2ccccc2-c2ccccc2)C1. The monoisotopic (exact) mass is 239 g/mol. The lowest BCUT2D eigenvalue weighted by Crippen LogP contribution is -2.49. The van der Waals surface area contributed by atoms with E-state index >= 15 is 0 Å². The summed E-state index contributed by atoms with van der Waals surface area (Å²) in [7, 11) is 0. The molecule has 0 spiro atoms. The zero-order valence-electron chi connectivity index (χ0n) is 10.3. The van der Waals surface area contributed by atoms with Crippen LogP contribution in [-0.2, 0) is 6.54 Å². The van der Waals surface area contributed by atoms with E-state index in [0.717, 1.165) is 19.6 Å². The number of likely N-dealkylation sites (tertiary alicyclic amines) is 1. The van der Waals surface area contributed by atoms with Crippen molar-refractivity contribution in [3.63, 3.8) is 0 Å². The highest BCUT2D eigenvalue weighted by molar-refractivity contribution is 5.67. The second-order valence-corrected chi connectivity index (χ2v) is 4.87. The standard InChI is InChI=1S/C16H17NO/c18-15-11-17(12-15)10-14-8-4-5-9-16(14)13-6-2-1-3-7-13/h1-9,15,18H,10-12H2. The zero-order valence-corrected chi connectivity index (χ0v) is 10.3. The number of β-amino-alcohol motifs (C(OH)–C–C–N with tert-alkyl or cyclic N) is 1. The van der Waals surface area contributed by atoms with Crippen molar-refractivity contribution in [2.24, 2.45) is 0 Å². The van der Waals surface area contributed by atoms with E-state index in [1.54, 1.807) is 0 Å². The Balaban J connectivity index is 1.86. The molecule has 18 heavy (non-hydrogen) atoms. The van der Waals surface area contributed by atoms with E-state index in [2.05, 4.69) is 53.4 Å². The van der Waals surface area contributed by atoms with Crippen LogP contribution in [0.2, 0.25) is 0 Å². The minimum Gasteiger partial charge on any atom is -0.390 e. The minimum absolute atomic E-state index is 0.131. The van der Waals surface area contributed by atoms with Gasteiger partial charge in [-0.15, -0.1) is 0 Å². The van der Waals surface area contributed by atoms with E-state index in [9.17, 15) is 5.11 Å². The summed E-state index contributed by atoms with van der Waals surface area (Å²) in [5.74, 6) is 0. The van der Waals surface area contributed by atoms with Crippen molar-refractivity contribution < 1.29 is 5.11 Å². The van der Waals surface area contributed by atoms with Gasteiger partial charge in [-0.05, 0) is 16.7 Å². The van der Waals surface area contributed by atoms with E-state index in [0.29, 0.717) is 0 Å². The van der Waals surface area contributed by atoms with Crippen molar-refractivity contribution in [1.82, 2.24) is 4.90 Å². The number of benzene rings is 2. The van der Waals surface area contributed by atoms with Crippen LogP contribution >= 0.6 is 0 Å². The van der Waals surface area contributed by atoms with Crippen molar-refractivity contribution >= 4 is 0 Å². The molecule has 1 heterocycles. The lowest BCUT2D eigenvalue weighted by Gasteiger charge is -2.36. The number of rotatable bonds is 3. The van der Waals surface area contributed by atoms with Crippen LogP contribution in [0, 0.1) is 0 Å². The first-order valence-corrected chi connectivity index (χ1v) is 6.36. The van der Waals surface area contributed by atoms with Gasteiger partial charge in [-0.25, -0.2) is 0 Å². The summed E-state index contributed by atoms with van der Waals surface area (Å²) >= 11 is 0. The molecule has 0 amide bonds. The molecule has 0 radical (unpaired) electrons. The first-order chi connectivity index (χ1) is 8.83. The van der Waals surface area contributed by atoms with E-state index < -0.39 is 0 Å². The molecule has 2 aromatic rings. The van der Waals surface area contributed by atoms with Crippen LogP contribution in [0.1, 0.15) is 5.56 Å². The van der Waals surface area contributed by atoms with Gasteiger partial charge in [0.25, 0.3) is 0 Å². The molecule has 0 aliphatic carbocycles. The Hall–Kier alpha value is -1.64.